The maximum atomic E-state index is 12.1. The summed E-state index contributed by atoms with van der Waals surface area (Å²) < 4.78 is 11.6. The van der Waals surface area contributed by atoms with Gasteiger partial charge in [-0.1, -0.05) is 36.4 Å². The second-order valence-electron chi connectivity index (χ2n) is 8.58. The minimum Gasteiger partial charge on any atom is -0.484 e. The molecule has 0 amide bonds. The highest BCUT2D eigenvalue weighted by Gasteiger charge is 2.27. The third kappa shape index (κ3) is 4.41. The lowest BCUT2D eigenvalue weighted by Crippen LogP contribution is -2.11. The average Bonchev–Trinajstić information content (AvgIpc) is 3.27. The molecule has 6 nitrogen and oxygen atoms in total. The molecule has 1 atom stereocenters. The van der Waals surface area contributed by atoms with Gasteiger partial charge in [0.15, 0.2) is 0 Å². The summed E-state index contributed by atoms with van der Waals surface area (Å²) in [5, 5.41) is 11.7. The van der Waals surface area contributed by atoms with Crippen LogP contribution in [0.4, 0.5) is 5.82 Å². The minimum absolute atomic E-state index is 0.0604. The van der Waals surface area contributed by atoms with E-state index < -0.39 is 0 Å². The largest absolute Gasteiger partial charge is 0.484 e. The molecule has 1 heterocycles. The van der Waals surface area contributed by atoms with Crippen LogP contribution in [0.3, 0.4) is 0 Å². The Morgan fingerprint density at radius 1 is 1.14 bits per heavy atom. The molecule has 0 bridgehead atoms. The molecular weight excluding hydrogens is 438 g/mol. The van der Waals surface area contributed by atoms with Crippen LogP contribution >= 0.6 is 0 Å². The van der Waals surface area contributed by atoms with E-state index in [4.69, 9.17) is 15.2 Å². The second kappa shape index (κ2) is 9.47. The molecule has 2 N–H and O–H groups in total. The van der Waals surface area contributed by atoms with Gasteiger partial charge in [0, 0.05) is 17.1 Å². The fraction of sp³-hybridized carbons (Fsp3) is 0.207. The number of fused-ring (bicyclic) bond motifs is 2. The first kappa shape index (κ1) is 22.4. The molecule has 35 heavy (non-hydrogen) atoms. The zero-order chi connectivity index (χ0) is 24.4. The van der Waals surface area contributed by atoms with Gasteiger partial charge in [-0.15, -0.1) is 0 Å². The van der Waals surface area contributed by atoms with Crippen molar-refractivity contribution in [1.29, 1.82) is 5.26 Å². The zero-order valence-electron chi connectivity index (χ0n) is 19.5. The van der Waals surface area contributed by atoms with Crippen molar-refractivity contribution in [1.82, 2.24) is 4.98 Å². The fourth-order valence-electron chi connectivity index (χ4n) is 4.70. The van der Waals surface area contributed by atoms with E-state index in [1.807, 2.05) is 12.1 Å². The van der Waals surface area contributed by atoms with Gasteiger partial charge in [0.05, 0.1) is 18.6 Å². The predicted octanol–water partition coefficient (Wildman–Crippen LogP) is 5.53. The van der Waals surface area contributed by atoms with E-state index in [1.165, 1.54) is 5.56 Å². The molecule has 0 saturated carbocycles. The average molecular weight is 464 g/mol. The molecule has 174 valence electrons. The van der Waals surface area contributed by atoms with Crippen LogP contribution in [-0.2, 0) is 22.4 Å². The Hall–Kier alpha value is -4.37. The molecule has 0 radical (unpaired) electrons. The summed E-state index contributed by atoms with van der Waals surface area (Å²) in [6, 6.07) is 22.0. The first-order valence-electron chi connectivity index (χ1n) is 11.7. The number of nitrogen functional groups attached to an aromatic ring is 1. The Morgan fingerprint density at radius 3 is 2.80 bits per heavy atom. The molecule has 0 saturated heterocycles. The Balaban J connectivity index is 1.49. The number of hydrogen-bond donors (Lipinski definition) is 1. The predicted molar refractivity (Wildman–Crippen MR) is 135 cm³/mol. The number of anilines is 1. The zero-order valence-corrected chi connectivity index (χ0v) is 19.5. The summed E-state index contributed by atoms with van der Waals surface area (Å²) in [6.07, 6.45) is 3.24. The fourth-order valence-corrected chi connectivity index (χ4v) is 4.70. The van der Waals surface area contributed by atoms with Crippen LogP contribution in [0.5, 0.6) is 5.75 Å². The Morgan fingerprint density at radius 2 is 1.97 bits per heavy atom. The SMILES string of the molecule is CCOC(=O)Cc1cccc(C#N)c1OC1CCc2ccc(-c3ccc4ccnc(N)c4c3)cc21. The van der Waals surface area contributed by atoms with Crippen molar-refractivity contribution in [3.05, 3.63) is 89.1 Å². The lowest BCUT2D eigenvalue weighted by atomic mass is 9.98. The van der Waals surface area contributed by atoms with Gasteiger partial charge in [-0.3, -0.25) is 4.79 Å². The van der Waals surface area contributed by atoms with Gasteiger partial charge >= 0.3 is 5.97 Å². The van der Waals surface area contributed by atoms with Gasteiger partial charge in [0.1, 0.15) is 23.7 Å². The van der Waals surface area contributed by atoms with Crippen molar-refractivity contribution in [2.75, 3.05) is 12.3 Å². The van der Waals surface area contributed by atoms with E-state index in [-0.39, 0.29) is 18.5 Å². The number of hydrogen-bond acceptors (Lipinski definition) is 6. The molecule has 0 aliphatic heterocycles. The number of aromatic nitrogens is 1. The van der Waals surface area contributed by atoms with Crippen LogP contribution in [0.25, 0.3) is 21.9 Å². The van der Waals surface area contributed by atoms with E-state index >= 15 is 0 Å². The van der Waals surface area contributed by atoms with Gasteiger partial charge in [-0.05, 0) is 71.7 Å². The molecule has 0 fully saturated rings. The molecule has 1 aromatic heterocycles. The van der Waals surface area contributed by atoms with Crippen LogP contribution in [-0.4, -0.2) is 17.6 Å². The van der Waals surface area contributed by atoms with Crippen molar-refractivity contribution in [2.45, 2.75) is 32.3 Å². The summed E-state index contributed by atoms with van der Waals surface area (Å²) in [7, 11) is 0. The molecule has 1 aliphatic rings. The highest BCUT2D eigenvalue weighted by molar-refractivity contribution is 5.94. The number of para-hydroxylation sites is 1. The first-order valence-corrected chi connectivity index (χ1v) is 11.7. The number of carbonyl (C=O) groups excluding carboxylic acids is 1. The van der Waals surface area contributed by atoms with E-state index in [1.54, 1.807) is 25.3 Å². The molecule has 6 heteroatoms. The van der Waals surface area contributed by atoms with Crippen molar-refractivity contribution in [2.24, 2.45) is 0 Å². The van der Waals surface area contributed by atoms with Crippen LogP contribution in [0.15, 0.2) is 66.9 Å². The summed E-state index contributed by atoms with van der Waals surface area (Å²) in [5.74, 6) is 0.622. The standard InChI is InChI=1S/C29H25N3O3/c1-2-34-27(33)16-22-4-3-5-23(17-30)28(22)35-26-11-10-18-6-8-20(14-24(18)26)21-9-7-19-12-13-32-29(31)25(19)15-21/h3-9,12-15,26H,2,10-11,16H2,1H3,(H2,31,32). The van der Waals surface area contributed by atoms with Crippen LogP contribution in [0.2, 0.25) is 0 Å². The molecule has 5 rings (SSSR count). The summed E-state index contributed by atoms with van der Waals surface area (Å²) in [4.78, 5) is 16.4. The Bertz CT molecular complexity index is 1470. The van der Waals surface area contributed by atoms with E-state index in [2.05, 4.69) is 47.5 Å². The normalized spacial score (nSPS) is 14.3. The Labute approximate surface area is 203 Å². The van der Waals surface area contributed by atoms with Crippen LogP contribution in [0.1, 0.15) is 41.7 Å². The van der Waals surface area contributed by atoms with E-state index in [9.17, 15) is 10.1 Å². The lowest BCUT2D eigenvalue weighted by molar-refractivity contribution is -0.142. The molecule has 1 aliphatic carbocycles. The number of carbonyl (C=O) groups is 1. The number of nitrogens with two attached hydrogens (primary N) is 1. The third-order valence-electron chi connectivity index (χ3n) is 6.42. The van der Waals surface area contributed by atoms with Crippen molar-refractivity contribution in [3.8, 4) is 22.9 Å². The van der Waals surface area contributed by atoms with Crippen LogP contribution < -0.4 is 10.5 Å². The lowest BCUT2D eigenvalue weighted by Gasteiger charge is -2.19. The number of ether oxygens (including phenoxy) is 2. The number of esters is 1. The molecule has 3 aromatic carbocycles. The number of nitrogens with zero attached hydrogens (tertiary/aromatic N) is 2. The number of benzene rings is 3. The second-order valence-corrected chi connectivity index (χ2v) is 8.58. The molecular formula is C29H25N3O3. The van der Waals surface area contributed by atoms with Gasteiger partial charge in [0.2, 0.25) is 0 Å². The van der Waals surface area contributed by atoms with Gasteiger partial charge < -0.3 is 15.2 Å². The number of aryl methyl sites for hydroxylation is 1. The molecule has 0 spiro atoms. The first-order chi connectivity index (χ1) is 17.1. The maximum absolute atomic E-state index is 12.1. The quantitative estimate of drug-likeness (QED) is 0.378. The summed E-state index contributed by atoms with van der Waals surface area (Å²) in [5.41, 5.74) is 11.6. The van der Waals surface area contributed by atoms with Gasteiger partial charge in [-0.2, -0.15) is 5.26 Å². The number of rotatable bonds is 6. The van der Waals surface area contributed by atoms with E-state index in [0.29, 0.717) is 29.3 Å². The monoisotopic (exact) mass is 463 g/mol. The van der Waals surface area contributed by atoms with Gasteiger partial charge in [0.25, 0.3) is 0 Å². The maximum Gasteiger partial charge on any atom is 0.310 e. The molecule has 1 unspecified atom stereocenters. The van der Waals surface area contributed by atoms with Crippen molar-refractivity contribution < 1.29 is 14.3 Å². The third-order valence-corrected chi connectivity index (χ3v) is 6.42. The van der Waals surface area contributed by atoms with Gasteiger partial charge in [-0.25, -0.2) is 4.98 Å². The van der Waals surface area contributed by atoms with E-state index in [0.717, 1.165) is 40.3 Å². The summed E-state index contributed by atoms with van der Waals surface area (Å²) >= 11 is 0. The topological polar surface area (TPSA) is 98.2 Å². The van der Waals surface area contributed by atoms with Crippen LogP contribution in [0, 0.1) is 11.3 Å². The Kier molecular flexibility index (Phi) is 6.07. The summed E-state index contributed by atoms with van der Waals surface area (Å²) in [6.45, 7) is 2.08. The number of pyridine rings is 1. The number of nitriles is 1. The highest BCUT2D eigenvalue weighted by Crippen LogP contribution is 2.40. The molecule has 4 aromatic rings. The minimum atomic E-state index is -0.341. The van der Waals surface area contributed by atoms with Crippen molar-refractivity contribution >= 4 is 22.6 Å². The highest BCUT2D eigenvalue weighted by atomic mass is 16.5. The smallest absolute Gasteiger partial charge is 0.310 e. The van der Waals surface area contributed by atoms with Crippen molar-refractivity contribution in [3.63, 3.8) is 0 Å².